The smallest absolute Gasteiger partial charge is 0.231 e. The Morgan fingerprint density at radius 1 is 1.08 bits per heavy atom. The number of carbonyl (C=O) groups is 1. The number of ether oxygens (including phenoxy) is 2. The average Bonchev–Trinajstić information content (AvgIpc) is 3.31. The van der Waals surface area contributed by atoms with Gasteiger partial charge in [0.15, 0.2) is 11.5 Å². The number of rotatable bonds is 5. The van der Waals surface area contributed by atoms with Crippen LogP contribution in [0.5, 0.6) is 11.5 Å². The highest BCUT2D eigenvalue weighted by Crippen LogP contribution is 2.33. The molecule has 144 valence electrons. The SMILES string of the molecule is Cl.O=C(CC1CCCN1)N(Cc1ccc2c(c1)OCO2)C1CCCCC1. The van der Waals surface area contributed by atoms with Crippen LogP contribution < -0.4 is 14.8 Å². The van der Waals surface area contributed by atoms with Gasteiger partial charge < -0.3 is 19.7 Å². The zero-order chi connectivity index (χ0) is 17.1. The molecule has 1 unspecified atom stereocenters. The van der Waals surface area contributed by atoms with Crippen molar-refractivity contribution in [2.75, 3.05) is 13.3 Å². The first-order valence-electron chi connectivity index (χ1n) is 9.71. The molecule has 1 amide bonds. The molecule has 4 rings (SSSR count). The largest absolute Gasteiger partial charge is 0.454 e. The van der Waals surface area contributed by atoms with Crippen LogP contribution in [0.3, 0.4) is 0 Å². The molecular formula is C20H29ClN2O3. The molecule has 0 radical (unpaired) electrons. The van der Waals surface area contributed by atoms with Crippen molar-refractivity contribution in [2.45, 2.75) is 70.0 Å². The minimum atomic E-state index is 0. The lowest BCUT2D eigenvalue weighted by molar-refractivity contribution is -0.135. The van der Waals surface area contributed by atoms with Crippen molar-refractivity contribution in [1.29, 1.82) is 0 Å². The molecule has 26 heavy (non-hydrogen) atoms. The molecule has 5 nitrogen and oxygen atoms in total. The van der Waals surface area contributed by atoms with E-state index in [2.05, 4.69) is 16.3 Å². The summed E-state index contributed by atoms with van der Waals surface area (Å²) in [5.41, 5.74) is 1.13. The van der Waals surface area contributed by atoms with Crippen LogP contribution in [0.25, 0.3) is 0 Å². The molecule has 1 saturated carbocycles. The van der Waals surface area contributed by atoms with Crippen molar-refractivity contribution in [3.05, 3.63) is 23.8 Å². The zero-order valence-corrected chi connectivity index (χ0v) is 16.1. The minimum absolute atomic E-state index is 0. The van der Waals surface area contributed by atoms with Gasteiger partial charge in [0.25, 0.3) is 0 Å². The number of hydrogen-bond donors (Lipinski definition) is 1. The molecule has 3 aliphatic rings. The summed E-state index contributed by atoms with van der Waals surface area (Å²) in [7, 11) is 0. The quantitative estimate of drug-likeness (QED) is 0.847. The van der Waals surface area contributed by atoms with Crippen LogP contribution in [0.2, 0.25) is 0 Å². The van der Waals surface area contributed by atoms with E-state index < -0.39 is 0 Å². The van der Waals surface area contributed by atoms with Crippen LogP contribution in [0.15, 0.2) is 18.2 Å². The van der Waals surface area contributed by atoms with Crippen LogP contribution in [-0.4, -0.2) is 36.2 Å². The Morgan fingerprint density at radius 3 is 2.65 bits per heavy atom. The maximum Gasteiger partial charge on any atom is 0.231 e. The van der Waals surface area contributed by atoms with E-state index in [0.717, 1.165) is 42.9 Å². The topological polar surface area (TPSA) is 50.8 Å². The number of carbonyl (C=O) groups excluding carboxylic acids is 1. The standard InChI is InChI=1S/C20H28N2O3.ClH/c23-20(12-16-5-4-10-21-16)22(17-6-2-1-3-7-17)13-15-8-9-18-19(11-15)25-14-24-18;/h8-9,11,16-17,21H,1-7,10,12-14H2;1H. The van der Waals surface area contributed by atoms with Gasteiger partial charge in [0.1, 0.15) is 0 Å². The van der Waals surface area contributed by atoms with Crippen molar-refractivity contribution >= 4 is 18.3 Å². The molecule has 1 aliphatic carbocycles. The van der Waals surface area contributed by atoms with Gasteiger partial charge in [-0.1, -0.05) is 25.3 Å². The average molecular weight is 381 g/mol. The normalized spacial score (nSPS) is 22.1. The molecule has 1 atom stereocenters. The molecule has 2 fully saturated rings. The second-order valence-electron chi connectivity index (χ2n) is 7.50. The van der Waals surface area contributed by atoms with Crippen LogP contribution in [0.1, 0.15) is 56.9 Å². The Labute approximate surface area is 161 Å². The number of fused-ring (bicyclic) bond motifs is 1. The molecular weight excluding hydrogens is 352 g/mol. The van der Waals surface area contributed by atoms with Gasteiger partial charge in [0.05, 0.1) is 0 Å². The van der Waals surface area contributed by atoms with Gasteiger partial charge >= 0.3 is 0 Å². The van der Waals surface area contributed by atoms with Crippen LogP contribution in [0, 0.1) is 0 Å². The second-order valence-corrected chi connectivity index (χ2v) is 7.50. The fourth-order valence-electron chi connectivity index (χ4n) is 4.31. The molecule has 1 N–H and O–H groups in total. The van der Waals surface area contributed by atoms with Gasteiger partial charge in [-0.25, -0.2) is 0 Å². The molecule has 2 aliphatic heterocycles. The third-order valence-corrected chi connectivity index (χ3v) is 5.71. The number of hydrogen-bond acceptors (Lipinski definition) is 4. The Bertz CT molecular complexity index is 613. The fraction of sp³-hybridized carbons (Fsp3) is 0.650. The number of amides is 1. The highest BCUT2D eigenvalue weighted by atomic mass is 35.5. The molecule has 0 aromatic heterocycles. The van der Waals surface area contributed by atoms with E-state index in [9.17, 15) is 4.79 Å². The Balaban J connectivity index is 0.00000196. The lowest BCUT2D eigenvalue weighted by atomic mass is 9.93. The Hall–Kier alpha value is -1.46. The zero-order valence-electron chi connectivity index (χ0n) is 15.2. The summed E-state index contributed by atoms with van der Waals surface area (Å²) < 4.78 is 10.9. The molecule has 0 spiro atoms. The van der Waals surface area contributed by atoms with E-state index in [1.165, 1.54) is 25.7 Å². The van der Waals surface area contributed by atoms with E-state index in [-0.39, 0.29) is 19.2 Å². The number of benzene rings is 1. The lowest BCUT2D eigenvalue weighted by Crippen LogP contribution is -2.43. The highest BCUT2D eigenvalue weighted by molar-refractivity contribution is 5.85. The Kier molecular flexibility index (Phi) is 6.65. The lowest BCUT2D eigenvalue weighted by Gasteiger charge is -2.35. The summed E-state index contributed by atoms with van der Waals surface area (Å²) in [6, 6.07) is 6.78. The molecule has 1 saturated heterocycles. The highest BCUT2D eigenvalue weighted by Gasteiger charge is 2.28. The van der Waals surface area contributed by atoms with E-state index in [1.807, 2.05) is 12.1 Å². The van der Waals surface area contributed by atoms with Crippen molar-refractivity contribution < 1.29 is 14.3 Å². The summed E-state index contributed by atoms with van der Waals surface area (Å²) in [4.78, 5) is 15.2. The Morgan fingerprint density at radius 2 is 1.88 bits per heavy atom. The van der Waals surface area contributed by atoms with Crippen molar-refractivity contribution in [3.8, 4) is 11.5 Å². The number of halogens is 1. The van der Waals surface area contributed by atoms with Gasteiger partial charge in [0, 0.05) is 25.0 Å². The number of nitrogens with zero attached hydrogens (tertiary/aromatic N) is 1. The van der Waals surface area contributed by atoms with Gasteiger partial charge in [-0.2, -0.15) is 0 Å². The molecule has 6 heteroatoms. The molecule has 1 aromatic carbocycles. The summed E-state index contributed by atoms with van der Waals surface area (Å²) in [6.07, 6.45) is 8.96. The predicted molar refractivity (Wildman–Crippen MR) is 103 cm³/mol. The van der Waals surface area contributed by atoms with E-state index in [1.54, 1.807) is 0 Å². The first kappa shape index (κ1) is 19.3. The van der Waals surface area contributed by atoms with Crippen molar-refractivity contribution in [2.24, 2.45) is 0 Å². The third-order valence-electron chi connectivity index (χ3n) is 5.71. The van der Waals surface area contributed by atoms with Crippen LogP contribution in [-0.2, 0) is 11.3 Å². The summed E-state index contributed by atoms with van der Waals surface area (Å²) in [5.74, 6) is 1.89. The van der Waals surface area contributed by atoms with E-state index in [0.29, 0.717) is 31.0 Å². The van der Waals surface area contributed by atoms with Crippen molar-refractivity contribution in [3.63, 3.8) is 0 Å². The summed E-state index contributed by atoms with van der Waals surface area (Å²) >= 11 is 0. The summed E-state index contributed by atoms with van der Waals surface area (Å²) in [6.45, 7) is 2.01. The monoisotopic (exact) mass is 380 g/mol. The maximum atomic E-state index is 13.1. The van der Waals surface area contributed by atoms with Crippen LogP contribution >= 0.6 is 12.4 Å². The first-order valence-corrected chi connectivity index (χ1v) is 9.71. The minimum Gasteiger partial charge on any atom is -0.454 e. The maximum absolute atomic E-state index is 13.1. The second kappa shape index (κ2) is 8.96. The van der Waals surface area contributed by atoms with Gasteiger partial charge in [-0.3, -0.25) is 4.79 Å². The van der Waals surface area contributed by atoms with Crippen molar-refractivity contribution in [1.82, 2.24) is 10.2 Å². The predicted octanol–water partition coefficient (Wildman–Crippen LogP) is 3.64. The first-order chi connectivity index (χ1) is 12.3. The van der Waals surface area contributed by atoms with Gasteiger partial charge in [-0.05, 0) is 49.9 Å². The molecule has 1 aromatic rings. The van der Waals surface area contributed by atoms with E-state index in [4.69, 9.17) is 9.47 Å². The van der Waals surface area contributed by atoms with Crippen LogP contribution in [0.4, 0.5) is 0 Å². The molecule has 2 heterocycles. The van der Waals surface area contributed by atoms with Gasteiger partial charge in [0.2, 0.25) is 12.7 Å². The molecule has 0 bridgehead atoms. The third kappa shape index (κ3) is 4.44. The number of nitrogens with one attached hydrogen (secondary N) is 1. The van der Waals surface area contributed by atoms with E-state index >= 15 is 0 Å². The summed E-state index contributed by atoms with van der Waals surface area (Å²) in [5, 5.41) is 3.46. The van der Waals surface area contributed by atoms with Gasteiger partial charge in [-0.15, -0.1) is 12.4 Å². The fourth-order valence-corrected chi connectivity index (χ4v) is 4.31.